The number of nitrogens with two attached hydrogens (primary N) is 2. The molecule has 124 heavy (non-hydrogen) atoms. The normalized spacial score (nSPS) is 13.7. The number of carbonyl (C=O) groups excluding carboxylic acids is 3. The molecule has 18 heteroatoms. The van der Waals surface area contributed by atoms with Crippen molar-refractivity contribution in [3.8, 4) is 34.3 Å². The number of ether oxygens (including phenoxy) is 3. The largest absolute Gasteiger partial charge is 0.496 e. The molecule has 632 valence electrons. The van der Waals surface area contributed by atoms with Crippen LogP contribution in [-0.4, -0.2) is 87.7 Å². The average Bonchev–Trinajstić information content (AvgIpc) is 1.15. The number of nitrogens with zero attached hydrogens (tertiary/aromatic N) is 6. The highest BCUT2D eigenvalue weighted by molar-refractivity contribution is 5.99. The SMILES string of the molecule is CCc1cccc(-n2nc(C)cc2C(=O)Cc2cccc(C(NCC3CC3)c3c(OC)ccc4ccccc34)c2)c1.COc1ccc2ccccc2c1C(NCC1CC1)c1cccc(CC(=O)c2cc(C)nn2-c2cccc(CN)c2)c1.COc1ccc2ccccc2c1C(NCC1CC1)c1cccc(CC(=O)c2cc(C)nn2-c2cccc(CN)c2)c1.Cl. The van der Waals surface area contributed by atoms with Gasteiger partial charge in [0, 0.05) is 49.0 Å². The fourth-order valence-electron chi connectivity index (χ4n) is 16.9. The lowest BCUT2D eigenvalue weighted by atomic mass is 9.91. The maximum Gasteiger partial charge on any atom is 0.185 e. The molecule has 12 aromatic carbocycles. The number of aryl methyl sites for hydroxylation is 4. The Kier molecular flexibility index (Phi) is 27.8. The smallest absolute Gasteiger partial charge is 0.185 e. The van der Waals surface area contributed by atoms with Gasteiger partial charge in [0.25, 0.3) is 0 Å². The van der Waals surface area contributed by atoms with Crippen molar-refractivity contribution in [2.75, 3.05) is 41.0 Å². The molecule has 15 aromatic rings. The monoisotopic (exact) mass is 1670 g/mol. The molecule has 0 saturated heterocycles. The lowest BCUT2D eigenvalue weighted by Crippen LogP contribution is -2.25. The first-order chi connectivity index (χ1) is 60.1. The summed E-state index contributed by atoms with van der Waals surface area (Å²) in [4.78, 5) is 41.1. The van der Waals surface area contributed by atoms with Gasteiger partial charge in [-0.15, -0.1) is 12.4 Å². The van der Waals surface area contributed by atoms with Crippen molar-refractivity contribution in [2.45, 2.75) is 123 Å². The summed E-state index contributed by atoms with van der Waals surface area (Å²) >= 11 is 0. The number of hydrogen-bond acceptors (Lipinski definition) is 14. The zero-order valence-electron chi connectivity index (χ0n) is 71.7. The molecular formula is C106H110ClN11O6. The Morgan fingerprint density at radius 1 is 0.355 bits per heavy atom. The van der Waals surface area contributed by atoms with Gasteiger partial charge < -0.3 is 41.6 Å². The molecule has 3 saturated carbocycles. The molecule has 3 heterocycles. The number of ketones is 3. The van der Waals surface area contributed by atoms with Gasteiger partial charge in [0.2, 0.25) is 0 Å². The molecule has 18 rings (SSSR count). The van der Waals surface area contributed by atoms with E-state index in [1.807, 2.05) is 118 Å². The van der Waals surface area contributed by atoms with Gasteiger partial charge in [0.15, 0.2) is 17.3 Å². The molecule has 3 atom stereocenters. The molecule has 0 bridgehead atoms. The number of fused-ring (bicyclic) bond motifs is 3. The quantitative estimate of drug-likeness (QED) is 0.0242. The lowest BCUT2D eigenvalue weighted by Gasteiger charge is -2.24. The van der Waals surface area contributed by atoms with Gasteiger partial charge in [-0.2, -0.15) is 15.3 Å². The number of methoxy groups -OCH3 is 3. The van der Waals surface area contributed by atoms with Crippen molar-refractivity contribution in [3.63, 3.8) is 0 Å². The minimum atomic E-state index is -0.0709. The molecule has 3 fully saturated rings. The van der Waals surface area contributed by atoms with Crippen LogP contribution in [0.2, 0.25) is 0 Å². The zero-order chi connectivity index (χ0) is 85.0. The van der Waals surface area contributed by atoms with Gasteiger partial charge in [-0.05, 0) is 258 Å². The Balaban J connectivity index is 0.000000143. The summed E-state index contributed by atoms with van der Waals surface area (Å²) in [6.07, 6.45) is 9.39. The molecule has 3 unspecified atom stereocenters. The highest BCUT2D eigenvalue weighted by Crippen LogP contribution is 2.43. The summed E-state index contributed by atoms with van der Waals surface area (Å²) < 4.78 is 23.0. The molecule has 0 aliphatic heterocycles. The molecule has 0 spiro atoms. The first-order valence-electron chi connectivity index (χ1n) is 43.2. The Morgan fingerprint density at radius 3 is 0.927 bits per heavy atom. The fraction of sp³-hybridized carbons (Fsp3) is 0.264. The van der Waals surface area contributed by atoms with Crippen LogP contribution in [0.4, 0.5) is 0 Å². The molecule has 0 amide bonds. The highest BCUT2D eigenvalue weighted by Gasteiger charge is 2.32. The number of benzene rings is 12. The first kappa shape index (κ1) is 86.5. The van der Waals surface area contributed by atoms with Crippen molar-refractivity contribution in [1.82, 2.24) is 45.3 Å². The van der Waals surface area contributed by atoms with Gasteiger partial charge >= 0.3 is 0 Å². The minimum Gasteiger partial charge on any atom is -0.496 e. The van der Waals surface area contributed by atoms with Crippen molar-refractivity contribution in [3.05, 3.63) is 374 Å². The topological polar surface area (TPSA) is 220 Å². The van der Waals surface area contributed by atoms with E-state index in [1.54, 1.807) is 35.4 Å². The molecule has 3 aromatic heterocycles. The third-order valence-corrected chi connectivity index (χ3v) is 23.9. The van der Waals surface area contributed by atoms with Crippen LogP contribution in [0.3, 0.4) is 0 Å². The Bertz CT molecular complexity index is 5710. The second kappa shape index (κ2) is 39.8. The van der Waals surface area contributed by atoms with Crippen LogP contribution in [0.5, 0.6) is 17.2 Å². The Morgan fingerprint density at radius 2 is 0.637 bits per heavy atom. The lowest BCUT2D eigenvalue weighted by molar-refractivity contribution is 0.0977. The van der Waals surface area contributed by atoms with Crippen LogP contribution in [0.25, 0.3) is 49.4 Å². The van der Waals surface area contributed by atoms with Crippen LogP contribution in [0, 0.1) is 38.5 Å². The molecule has 3 aliphatic rings. The van der Waals surface area contributed by atoms with Gasteiger partial charge in [0.1, 0.15) is 34.3 Å². The van der Waals surface area contributed by atoms with E-state index in [2.05, 4.69) is 214 Å². The molecule has 17 nitrogen and oxygen atoms in total. The number of aromatic nitrogens is 6. The molecule has 0 radical (unpaired) electrons. The van der Waals surface area contributed by atoms with Crippen molar-refractivity contribution in [2.24, 2.45) is 29.2 Å². The molecule has 7 N–H and O–H groups in total. The van der Waals surface area contributed by atoms with Crippen LogP contribution in [0.15, 0.2) is 273 Å². The van der Waals surface area contributed by atoms with Crippen LogP contribution < -0.4 is 41.6 Å². The molecular weight excluding hydrogens is 1560 g/mol. The predicted octanol–water partition coefficient (Wildman–Crippen LogP) is 20.5. The summed E-state index contributed by atoms with van der Waals surface area (Å²) in [5, 5.41) is 32.5. The maximum atomic E-state index is 13.7. The van der Waals surface area contributed by atoms with Crippen molar-refractivity contribution in [1.29, 1.82) is 0 Å². The first-order valence-corrected chi connectivity index (χ1v) is 43.2. The van der Waals surface area contributed by atoms with Gasteiger partial charge in [0.05, 0.1) is 73.6 Å². The van der Waals surface area contributed by atoms with E-state index in [0.29, 0.717) is 48.4 Å². The molecule has 3 aliphatic carbocycles. The highest BCUT2D eigenvalue weighted by atomic mass is 35.5. The number of carbonyl (C=O) groups is 3. The average molecular weight is 1670 g/mol. The summed E-state index contributed by atoms with van der Waals surface area (Å²) in [6.45, 7) is 11.6. The van der Waals surface area contributed by atoms with Crippen LogP contribution >= 0.6 is 12.4 Å². The van der Waals surface area contributed by atoms with E-state index in [-0.39, 0.29) is 60.7 Å². The van der Waals surface area contributed by atoms with Gasteiger partial charge in [-0.25, -0.2) is 14.0 Å². The van der Waals surface area contributed by atoms with Crippen molar-refractivity contribution >= 4 is 62.1 Å². The summed E-state index contributed by atoms with van der Waals surface area (Å²) in [6, 6.07) is 92.5. The number of rotatable bonds is 33. The summed E-state index contributed by atoms with van der Waals surface area (Å²) in [5.74, 6) is 4.82. The Hall–Kier alpha value is -12.5. The van der Waals surface area contributed by atoms with E-state index in [1.165, 1.54) is 76.4 Å². The second-order valence-electron chi connectivity index (χ2n) is 33.1. The number of nitrogens with one attached hydrogen (secondary N) is 3. The third-order valence-electron chi connectivity index (χ3n) is 23.9. The van der Waals surface area contributed by atoms with E-state index < -0.39 is 0 Å². The van der Waals surface area contributed by atoms with Gasteiger partial charge in [-0.3, -0.25) is 14.4 Å². The van der Waals surface area contributed by atoms with E-state index in [9.17, 15) is 14.4 Å². The van der Waals surface area contributed by atoms with Crippen LogP contribution in [-0.2, 0) is 38.8 Å². The fourth-order valence-corrected chi connectivity index (χ4v) is 16.9. The van der Waals surface area contributed by atoms with Gasteiger partial charge in [-0.1, -0.05) is 207 Å². The zero-order valence-corrected chi connectivity index (χ0v) is 72.6. The number of hydrogen-bond donors (Lipinski definition) is 5. The standard InChI is InChI=1S/C36H37N3O2.2C35H36N4O2.ClH/c1-4-25-9-8-13-30(21-25)39-32(19-24(2)38-39)33(40)22-27-10-7-12-29(20-27)36(37-23-26-15-16-26)35-31-14-6-5-11-28(31)17-18-34(35)41-3;2*1-23-17-31(39(38-23)29-11-6-8-26(19-29)21-36)32(40)20-25-7-5-10-28(18-25)35(37-22-24-13-14-24)34-30-12-4-3-9-27(30)15-16-33(34)41-2;/h5-14,17-21,26,36-37H,4,15-16,22-23H2,1-3H3;2*3-12,15-19,24,35,37H,13-14,20-22,36H2,1-2H3;1H. The second-order valence-corrected chi connectivity index (χ2v) is 33.1. The number of halogens is 1. The maximum absolute atomic E-state index is 13.7. The summed E-state index contributed by atoms with van der Waals surface area (Å²) in [7, 11) is 5.20. The predicted molar refractivity (Wildman–Crippen MR) is 500 cm³/mol. The van der Waals surface area contributed by atoms with E-state index in [0.717, 1.165) is 145 Å². The van der Waals surface area contributed by atoms with Crippen molar-refractivity contribution < 1.29 is 28.6 Å². The third kappa shape index (κ3) is 20.4. The van der Waals surface area contributed by atoms with Crippen LogP contribution in [0.1, 0.15) is 179 Å². The minimum absolute atomic E-state index is 0. The number of Topliss-reactive ketones (excluding diaryl/α,β-unsaturated/α-hetero) is 3. The van der Waals surface area contributed by atoms with E-state index in [4.69, 9.17) is 25.7 Å². The Labute approximate surface area is 733 Å². The summed E-state index contributed by atoms with van der Waals surface area (Å²) in [5.41, 5.74) is 31.4. The van der Waals surface area contributed by atoms with E-state index >= 15 is 0 Å².